The van der Waals surface area contributed by atoms with Crippen LogP contribution in [-0.4, -0.2) is 21.1 Å². The average molecular weight is 258 g/mol. The van der Waals surface area contributed by atoms with Crippen LogP contribution in [0.2, 0.25) is 0 Å². The van der Waals surface area contributed by atoms with Gasteiger partial charge in [0.1, 0.15) is 5.82 Å². The fourth-order valence-electron chi connectivity index (χ4n) is 1.90. The van der Waals surface area contributed by atoms with Gasteiger partial charge in [0.15, 0.2) is 5.65 Å². The van der Waals surface area contributed by atoms with Crippen molar-refractivity contribution in [2.24, 2.45) is 0 Å². The number of aromatic nitrogens is 3. The first-order valence-electron chi connectivity index (χ1n) is 5.99. The van der Waals surface area contributed by atoms with Crippen LogP contribution in [0.5, 0.6) is 0 Å². The molecule has 0 aliphatic heterocycles. The van der Waals surface area contributed by atoms with Crippen molar-refractivity contribution >= 4 is 22.8 Å². The zero-order valence-electron chi connectivity index (χ0n) is 10.1. The first kappa shape index (κ1) is 11.2. The zero-order valence-corrected chi connectivity index (χ0v) is 10.9. The van der Waals surface area contributed by atoms with Gasteiger partial charge in [-0.3, -0.25) is 0 Å². The monoisotopic (exact) mass is 258 g/mol. The molecule has 0 saturated heterocycles. The molecule has 1 N–H and O–H groups in total. The van der Waals surface area contributed by atoms with E-state index in [9.17, 15) is 0 Å². The van der Waals surface area contributed by atoms with E-state index in [1.54, 1.807) is 11.3 Å². The normalized spacial score (nSPS) is 10.9. The Morgan fingerprint density at radius 2 is 2.33 bits per heavy atom. The third kappa shape index (κ3) is 1.86. The van der Waals surface area contributed by atoms with Crippen molar-refractivity contribution in [2.45, 2.75) is 13.3 Å². The van der Waals surface area contributed by atoms with E-state index in [0.29, 0.717) is 0 Å². The van der Waals surface area contributed by atoms with Crippen LogP contribution >= 0.6 is 11.3 Å². The third-order valence-corrected chi connectivity index (χ3v) is 3.47. The molecule has 0 atom stereocenters. The molecule has 0 radical (unpaired) electrons. The van der Waals surface area contributed by atoms with E-state index in [-0.39, 0.29) is 0 Å². The molecule has 3 heterocycles. The largest absolute Gasteiger partial charge is 0.370 e. The van der Waals surface area contributed by atoms with Crippen LogP contribution in [0, 0.1) is 0 Å². The lowest BCUT2D eigenvalue weighted by molar-refractivity contribution is 0.903. The second kappa shape index (κ2) is 4.78. The molecule has 0 amide bonds. The van der Waals surface area contributed by atoms with E-state index in [0.717, 1.165) is 30.0 Å². The fraction of sp³-hybridized carbons (Fsp3) is 0.231. The Bertz CT molecular complexity index is 642. The summed E-state index contributed by atoms with van der Waals surface area (Å²) in [6.45, 7) is 3.08. The summed E-state index contributed by atoms with van der Waals surface area (Å²) >= 11 is 1.68. The molecule has 0 aliphatic rings. The van der Waals surface area contributed by atoms with E-state index < -0.39 is 0 Å². The maximum atomic E-state index is 4.43. The van der Waals surface area contributed by atoms with Crippen LogP contribution in [0.1, 0.15) is 13.3 Å². The van der Waals surface area contributed by atoms with Crippen LogP contribution < -0.4 is 5.32 Å². The molecule has 3 rings (SSSR count). The number of hydrogen-bond acceptors (Lipinski definition) is 4. The molecule has 0 fully saturated rings. The lowest BCUT2D eigenvalue weighted by atomic mass is 10.2. The topological polar surface area (TPSA) is 42.2 Å². The van der Waals surface area contributed by atoms with Crippen LogP contribution in [0.4, 0.5) is 5.82 Å². The Morgan fingerprint density at radius 1 is 1.39 bits per heavy atom. The van der Waals surface area contributed by atoms with Crippen molar-refractivity contribution in [3.05, 3.63) is 35.3 Å². The summed E-state index contributed by atoms with van der Waals surface area (Å²) in [7, 11) is 0. The molecule has 5 heteroatoms. The van der Waals surface area contributed by atoms with E-state index in [4.69, 9.17) is 0 Å². The van der Waals surface area contributed by atoms with Gasteiger partial charge in [-0.1, -0.05) is 6.92 Å². The highest BCUT2D eigenvalue weighted by Crippen LogP contribution is 2.26. The molecule has 4 nitrogen and oxygen atoms in total. The van der Waals surface area contributed by atoms with Crippen molar-refractivity contribution < 1.29 is 0 Å². The van der Waals surface area contributed by atoms with Gasteiger partial charge >= 0.3 is 0 Å². The molecule has 0 bridgehead atoms. The highest BCUT2D eigenvalue weighted by atomic mass is 32.1. The summed E-state index contributed by atoms with van der Waals surface area (Å²) < 4.78 is 1.86. The van der Waals surface area contributed by atoms with Gasteiger partial charge < -0.3 is 5.32 Å². The van der Waals surface area contributed by atoms with Crippen molar-refractivity contribution in [1.29, 1.82) is 0 Å². The SMILES string of the molecule is CCCNc1ccnc2c(-c3ccsc3)cnn12. The summed E-state index contributed by atoms with van der Waals surface area (Å²) in [5.41, 5.74) is 3.15. The molecule has 0 aliphatic carbocycles. The zero-order chi connectivity index (χ0) is 12.4. The van der Waals surface area contributed by atoms with Crippen molar-refractivity contribution in [3.8, 4) is 11.1 Å². The molecule has 0 spiro atoms. The van der Waals surface area contributed by atoms with Crippen LogP contribution in [0.15, 0.2) is 35.3 Å². The molecule has 0 aromatic carbocycles. The fourth-order valence-corrected chi connectivity index (χ4v) is 2.56. The molecule has 0 unspecified atom stereocenters. The van der Waals surface area contributed by atoms with Gasteiger partial charge in [-0.2, -0.15) is 21.0 Å². The molecule has 18 heavy (non-hydrogen) atoms. The first-order chi connectivity index (χ1) is 8.90. The van der Waals surface area contributed by atoms with Crippen molar-refractivity contribution in [3.63, 3.8) is 0 Å². The number of nitrogens with one attached hydrogen (secondary N) is 1. The first-order valence-corrected chi connectivity index (χ1v) is 6.93. The van der Waals surface area contributed by atoms with E-state index in [1.807, 2.05) is 23.0 Å². The lowest BCUT2D eigenvalue weighted by Gasteiger charge is -2.06. The van der Waals surface area contributed by atoms with E-state index in [2.05, 4.69) is 39.1 Å². The highest BCUT2D eigenvalue weighted by molar-refractivity contribution is 7.08. The molecule has 0 saturated carbocycles. The number of hydrogen-bond donors (Lipinski definition) is 1. The molecular weight excluding hydrogens is 244 g/mol. The second-order valence-corrected chi connectivity index (χ2v) is 4.84. The number of fused-ring (bicyclic) bond motifs is 1. The minimum Gasteiger partial charge on any atom is -0.370 e. The van der Waals surface area contributed by atoms with Gasteiger partial charge in [0.2, 0.25) is 0 Å². The van der Waals surface area contributed by atoms with Crippen LogP contribution in [0.3, 0.4) is 0 Å². The highest BCUT2D eigenvalue weighted by Gasteiger charge is 2.10. The van der Waals surface area contributed by atoms with Crippen molar-refractivity contribution in [2.75, 3.05) is 11.9 Å². The van der Waals surface area contributed by atoms with Crippen LogP contribution in [-0.2, 0) is 0 Å². The summed E-state index contributed by atoms with van der Waals surface area (Å²) in [6.07, 6.45) is 4.79. The summed E-state index contributed by atoms with van der Waals surface area (Å²) in [5.74, 6) is 0.989. The minimum atomic E-state index is 0.898. The lowest BCUT2D eigenvalue weighted by Crippen LogP contribution is -2.06. The van der Waals surface area contributed by atoms with Gasteiger partial charge in [-0.05, 0) is 34.9 Å². The summed E-state index contributed by atoms with van der Waals surface area (Å²) in [6, 6.07) is 4.04. The predicted molar refractivity (Wildman–Crippen MR) is 75.1 cm³/mol. The number of nitrogens with zero attached hydrogens (tertiary/aromatic N) is 3. The average Bonchev–Trinajstić information content (AvgIpc) is 3.04. The van der Waals surface area contributed by atoms with Gasteiger partial charge in [0.25, 0.3) is 0 Å². The maximum absolute atomic E-state index is 4.43. The number of rotatable bonds is 4. The van der Waals surface area contributed by atoms with Gasteiger partial charge in [-0.15, -0.1) is 0 Å². The Balaban J connectivity index is 2.09. The number of thiophene rings is 1. The van der Waals surface area contributed by atoms with Gasteiger partial charge in [0, 0.05) is 18.3 Å². The van der Waals surface area contributed by atoms with Gasteiger partial charge in [0.05, 0.1) is 6.20 Å². The van der Waals surface area contributed by atoms with Gasteiger partial charge in [-0.25, -0.2) is 4.98 Å². The Kier molecular flexibility index (Phi) is 2.98. The molecule has 3 aromatic heterocycles. The van der Waals surface area contributed by atoms with E-state index in [1.165, 1.54) is 5.56 Å². The van der Waals surface area contributed by atoms with Crippen LogP contribution in [0.25, 0.3) is 16.8 Å². The Morgan fingerprint density at radius 3 is 3.11 bits per heavy atom. The molecule has 92 valence electrons. The minimum absolute atomic E-state index is 0.898. The van der Waals surface area contributed by atoms with Crippen molar-refractivity contribution in [1.82, 2.24) is 14.6 Å². The predicted octanol–water partition coefficient (Wildman–Crippen LogP) is 3.28. The number of anilines is 1. The third-order valence-electron chi connectivity index (χ3n) is 2.79. The Labute approximate surface area is 109 Å². The smallest absolute Gasteiger partial charge is 0.165 e. The molecule has 3 aromatic rings. The standard InChI is InChI=1S/C13H14N4S/c1-2-5-14-12-3-6-15-13-11(8-16-17(12)13)10-4-7-18-9-10/h3-4,6-9,14H,2,5H2,1H3. The molecular formula is C13H14N4S. The summed E-state index contributed by atoms with van der Waals surface area (Å²) in [4.78, 5) is 4.43. The Hall–Kier alpha value is -1.88. The maximum Gasteiger partial charge on any atom is 0.165 e. The summed E-state index contributed by atoms with van der Waals surface area (Å²) in [5, 5.41) is 12.0. The second-order valence-electron chi connectivity index (χ2n) is 4.06. The quantitative estimate of drug-likeness (QED) is 0.781. The van der Waals surface area contributed by atoms with E-state index >= 15 is 0 Å².